The lowest BCUT2D eigenvalue weighted by Crippen LogP contribution is -2.11. The monoisotopic (exact) mass is 292 g/mol. The van der Waals surface area contributed by atoms with Crippen molar-refractivity contribution in [3.05, 3.63) is 0 Å². The second-order valence-corrected chi connectivity index (χ2v) is 7.16. The second-order valence-electron chi connectivity index (χ2n) is 5.80. The average molecular weight is 293 g/mol. The van der Waals surface area contributed by atoms with Crippen LogP contribution in [0, 0.1) is 11.8 Å². The molecule has 0 aliphatic carbocycles. The van der Waals surface area contributed by atoms with E-state index in [2.05, 4.69) is 32.4 Å². The lowest BCUT2D eigenvalue weighted by Gasteiger charge is -2.14. The maximum atomic E-state index is 9.85. The molecule has 110 valence electrons. The molecule has 0 aliphatic heterocycles. The molecule has 0 saturated carbocycles. The SMILES string of the molecule is CCC(C)CC(O)CCCCCCC(C)CSS. The van der Waals surface area contributed by atoms with Crippen molar-refractivity contribution in [2.24, 2.45) is 11.8 Å². The minimum absolute atomic E-state index is 0.0699. The minimum Gasteiger partial charge on any atom is -0.393 e. The van der Waals surface area contributed by atoms with E-state index in [4.69, 9.17) is 0 Å². The quantitative estimate of drug-likeness (QED) is 0.288. The molecule has 0 aromatic carbocycles. The molecule has 0 fully saturated rings. The van der Waals surface area contributed by atoms with Crippen LogP contribution in [0.25, 0.3) is 0 Å². The van der Waals surface area contributed by atoms with Gasteiger partial charge >= 0.3 is 0 Å². The Hall–Kier alpha value is 0.660. The first kappa shape index (κ1) is 18.7. The van der Waals surface area contributed by atoms with Crippen molar-refractivity contribution in [1.82, 2.24) is 0 Å². The summed E-state index contributed by atoms with van der Waals surface area (Å²) >= 11 is 4.18. The third kappa shape index (κ3) is 11.7. The number of rotatable bonds is 12. The van der Waals surface area contributed by atoms with Crippen LogP contribution in [0.1, 0.15) is 72.1 Å². The van der Waals surface area contributed by atoms with E-state index in [0.29, 0.717) is 5.92 Å². The molecule has 0 heterocycles. The average Bonchev–Trinajstić information content (AvgIpc) is 2.33. The van der Waals surface area contributed by atoms with Crippen molar-refractivity contribution in [3.63, 3.8) is 0 Å². The Kier molecular flexibility index (Phi) is 13.1. The smallest absolute Gasteiger partial charge is 0.0542 e. The topological polar surface area (TPSA) is 20.2 Å². The molecule has 3 heteroatoms. The third-order valence-corrected chi connectivity index (χ3v) is 4.88. The molecule has 0 rings (SSSR count). The van der Waals surface area contributed by atoms with E-state index in [1.807, 2.05) is 0 Å². The summed E-state index contributed by atoms with van der Waals surface area (Å²) in [4.78, 5) is 0. The van der Waals surface area contributed by atoms with Crippen molar-refractivity contribution in [1.29, 1.82) is 0 Å². The third-order valence-electron chi connectivity index (χ3n) is 3.71. The van der Waals surface area contributed by atoms with Crippen LogP contribution in [0.4, 0.5) is 0 Å². The Balaban J connectivity index is 3.29. The van der Waals surface area contributed by atoms with Crippen LogP contribution in [0.2, 0.25) is 0 Å². The van der Waals surface area contributed by atoms with E-state index >= 15 is 0 Å². The molecule has 0 aromatic heterocycles. The summed E-state index contributed by atoms with van der Waals surface area (Å²) in [5, 5.41) is 9.85. The minimum atomic E-state index is -0.0699. The summed E-state index contributed by atoms with van der Waals surface area (Å²) < 4.78 is 0. The number of hydrogen-bond acceptors (Lipinski definition) is 3. The fourth-order valence-electron chi connectivity index (χ4n) is 2.19. The predicted molar refractivity (Wildman–Crippen MR) is 88.4 cm³/mol. The van der Waals surface area contributed by atoms with Crippen molar-refractivity contribution < 1.29 is 5.11 Å². The first-order valence-electron chi connectivity index (χ1n) is 7.54. The van der Waals surface area contributed by atoms with Gasteiger partial charge in [-0.05, 0) is 31.1 Å². The highest BCUT2D eigenvalue weighted by Gasteiger charge is 2.08. The summed E-state index contributed by atoms with van der Waals surface area (Å²) in [6.07, 6.45) is 9.51. The van der Waals surface area contributed by atoms with Crippen LogP contribution in [0.15, 0.2) is 0 Å². The molecule has 3 unspecified atom stereocenters. The maximum Gasteiger partial charge on any atom is 0.0542 e. The summed E-state index contributed by atoms with van der Waals surface area (Å²) in [6, 6.07) is 0. The van der Waals surface area contributed by atoms with Crippen LogP contribution >= 0.6 is 22.5 Å². The molecule has 0 radical (unpaired) electrons. The number of aliphatic hydroxyl groups excluding tert-OH is 1. The first-order chi connectivity index (χ1) is 8.60. The molecular weight excluding hydrogens is 260 g/mol. The van der Waals surface area contributed by atoms with Crippen molar-refractivity contribution >= 4 is 22.5 Å². The van der Waals surface area contributed by atoms with Crippen molar-refractivity contribution in [2.45, 2.75) is 78.2 Å². The summed E-state index contributed by atoms with van der Waals surface area (Å²) in [6.45, 7) is 6.73. The van der Waals surface area contributed by atoms with Crippen LogP contribution < -0.4 is 0 Å². The van der Waals surface area contributed by atoms with Crippen molar-refractivity contribution in [3.8, 4) is 0 Å². The normalized spacial score (nSPS) is 16.5. The Morgan fingerprint density at radius 1 is 1.00 bits per heavy atom. The molecular formula is C15H32OS2. The molecule has 0 aliphatic rings. The molecule has 0 spiro atoms. The van der Waals surface area contributed by atoms with Gasteiger partial charge < -0.3 is 5.11 Å². The summed E-state index contributed by atoms with van der Waals surface area (Å²) in [5.74, 6) is 2.62. The van der Waals surface area contributed by atoms with Gasteiger partial charge in [-0.2, -0.15) is 0 Å². The van der Waals surface area contributed by atoms with Gasteiger partial charge in [0, 0.05) is 5.75 Å². The molecule has 0 saturated heterocycles. The van der Waals surface area contributed by atoms with Crippen LogP contribution in [0.3, 0.4) is 0 Å². The molecule has 1 N–H and O–H groups in total. The van der Waals surface area contributed by atoms with Gasteiger partial charge in [-0.15, -0.1) is 11.7 Å². The highest BCUT2D eigenvalue weighted by atomic mass is 33.1. The van der Waals surface area contributed by atoms with Gasteiger partial charge in [0.15, 0.2) is 0 Å². The van der Waals surface area contributed by atoms with Crippen molar-refractivity contribution in [2.75, 3.05) is 5.75 Å². The van der Waals surface area contributed by atoms with Crippen LogP contribution in [-0.2, 0) is 0 Å². The highest BCUT2D eigenvalue weighted by molar-refractivity contribution is 8.68. The molecule has 0 bridgehead atoms. The Morgan fingerprint density at radius 2 is 1.61 bits per heavy atom. The first-order valence-corrected chi connectivity index (χ1v) is 9.58. The fourth-order valence-corrected chi connectivity index (χ4v) is 3.37. The van der Waals surface area contributed by atoms with Gasteiger partial charge in [0.05, 0.1) is 6.10 Å². The zero-order chi connectivity index (χ0) is 13.8. The van der Waals surface area contributed by atoms with Gasteiger partial charge in [-0.3, -0.25) is 0 Å². The molecule has 0 aromatic rings. The fraction of sp³-hybridized carbons (Fsp3) is 1.00. The zero-order valence-electron chi connectivity index (χ0n) is 12.4. The van der Waals surface area contributed by atoms with Gasteiger partial charge in [0.25, 0.3) is 0 Å². The number of aliphatic hydroxyl groups is 1. The summed E-state index contributed by atoms with van der Waals surface area (Å²) in [7, 11) is 1.65. The van der Waals surface area contributed by atoms with Crippen LogP contribution in [0.5, 0.6) is 0 Å². The van der Waals surface area contributed by atoms with Gasteiger partial charge in [0.1, 0.15) is 0 Å². The standard InChI is InChI=1S/C15H32OS2/c1-4-13(2)11-15(16)10-8-6-5-7-9-14(3)12-18-17/h13-17H,4-12H2,1-3H3. The largest absolute Gasteiger partial charge is 0.393 e. The maximum absolute atomic E-state index is 9.85. The molecule has 3 atom stereocenters. The molecule has 0 amide bonds. The zero-order valence-corrected chi connectivity index (χ0v) is 14.1. The number of unbranched alkanes of at least 4 members (excludes halogenated alkanes) is 3. The number of thiol groups is 1. The van der Waals surface area contributed by atoms with E-state index in [1.54, 1.807) is 10.8 Å². The van der Waals surface area contributed by atoms with Gasteiger partial charge in [-0.25, -0.2) is 0 Å². The highest BCUT2D eigenvalue weighted by Crippen LogP contribution is 2.19. The second kappa shape index (κ2) is 12.7. The van der Waals surface area contributed by atoms with Crippen LogP contribution in [-0.4, -0.2) is 17.0 Å². The van der Waals surface area contributed by atoms with E-state index in [-0.39, 0.29) is 6.10 Å². The van der Waals surface area contributed by atoms with Gasteiger partial charge in [0.2, 0.25) is 0 Å². The van der Waals surface area contributed by atoms with E-state index in [9.17, 15) is 5.11 Å². The van der Waals surface area contributed by atoms with E-state index in [0.717, 1.165) is 24.5 Å². The lowest BCUT2D eigenvalue weighted by atomic mass is 9.97. The summed E-state index contributed by atoms with van der Waals surface area (Å²) in [5.41, 5.74) is 0. The Labute approximate surface area is 123 Å². The Morgan fingerprint density at radius 3 is 2.17 bits per heavy atom. The van der Waals surface area contributed by atoms with E-state index < -0.39 is 0 Å². The Bertz CT molecular complexity index is 176. The number of hydrogen-bond donors (Lipinski definition) is 2. The lowest BCUT2D eigenvalue weighted by molar-refractivity contribution is 0.132. The molecule has 1 nitrogen and oxygen atoms in total. The predicted octanol–water partition coefficient (Wildman–Crippen LogP) is 5.34. The van der Waals surface area contributed by atoms with Gasteiger partial charge in [-0.1, -0.05) is 63.7 Å². The molecule has 18 heavy (non-hydrogen) atoms. The van der Waals surface area contributed by atoms with E-state index in [1.165, 1.54) is 38.5 Å².